The van der Waals surface area contributed by atoms with Crippen molar-refractivity contribution in [3.63, 3.8) is 0 Å². The number of hydrogen-bond acceptors (Lipinski definition) is 4. The van der Waals surface area contributed by atoms with Gasteiger partial charge in [0.05, 0.1) is 21.3 Å². The molecule has 2 aromatic rings. The summed E-state index contributed by atoms with van der Waals surface area (Å²) in [7, 11) is -2.26. The van der Waals surface area contributed by atoms with Crippen molar-refractivity contribution >= 4 is 38.7 Å². The second-order valence-corrected chi connectivity index (χ2v) is 6.50. The molecule has 2 rings (SSSR count). The van der Waals surface area contributed by atoms with Gasteiger partial charge in [0.1, 0.15) is 5.82 Å². The number of nitrogens with two attached hydrogens (primary N) is 1. The number of hydrogen-bond donors (Lipinski definition) is 3. The van der Waals surface area contributed by atoms with Gasteiger partial charge in [-0.3, -0.25) is 0 Å². The Morgan fingerprint density at radius 2 is 1.90 bits per heavy atom. The van der Waals surface area contributed by atoms with Crippen LogP contribution in [-0.4, -0.2) is 15.5 Å². The van der Waals surface area contributed by atoms with Crippen LogP contribution >= 0.6 is 11.6 Å². The van der Waals surface area contributed by atoms with E-state index in [2.05, 4.69) is 10.0 Å². The average molecular weight is 330 g/mol. The van der Waals surface area contributed by atoms with E-state index in [1.54, 1.807) is 0 Å². The first-order valence-corrected chi connectivity index (χ1v) is 7.75. The average Bonchev–Trinajstić information content (AvgIpc) is 2.45. The van der Waals surface area contributed by atoms with Gasteiger partial charge in [-0.1, -0.05) is 11.6 Å². The quantitative estimate of drug-likeness (QED) is 0.753. The maximum atomic E-state index is 13.1. The predicted octanol–water partition coefficient (Wildman–Crippen LogP) is 2.71. The van der Waals surface area contributed by atoms with Crippen LogP contribution in [0.2, 0.25) is 5.02 Å². The van der Waals surface area contributed by atoms with E-state index in [0.29, 0.717) is 17.1 Å². The molecule has 0 bridgehead atoms. The van der Waals surface area contributed by atoms with Crippen molar-refractivity contribution in [3.05, 3.63) is 47.2 Å². The molecule has 0 heterocycles. The molecule has 0 fully saturated rings. The van der Waals surface area contributed by atoms with Crippen molar-refractivity contribution in [3.8, 4) is 0 Å². The first kappa shape index (κ1) is 15.6. The molecule has 0 amide bonds. The van der Waals surface area contributed by atoms with Gasteiger partial charge in [-0.25, -0.2) is 17.5 Å². The molecule has 0 aromatic heterocycles. The van der Waals surface area contributed by atoms with E-state index in [1.807, 2.05) is 0 Å². The molecule has 0 aliphatic rings. The van der Waals surface area contributed by atoms with Gasteiger partial charge in [0.15, 0.2) is 0 Å². The molecule has 0 saturated heterocycles. The SMILES string of the molecule is CNS(=O)(=O)c1ccc(N)c(Nc2ccc(F)c(Cl)c2)c1. The fourth-order valence-electron chi connectivity index (χ4n) is 1.66. The van der Waals surface area contributed by atoms with Crippen molar-refractivity contribution in [1.29, 1.82) is 0 Å². The zero-order valence-corrected chi connectivity index (χ0v) is 12.6. The lowest BCUT2D eigenvalue weighted by Gasteiger charge is -2.12. The second kappa shape index (κ2) is 5.88. The van der Waals surface area contributed by atoms with Crippen LogP contribution in [0.25, 0.3) is 0 Å². The van der Waals surface area contributed by atoms with Gasteiger partial charge in [-0.2, -0.15) is 0 Å². The van der Waals surface area contributed by atoms with E-state index >= 15 is 0 Å². The van der Waals surface area contributed by atoms with Gasteiger partial charge >= 0.3 is 0 Å². The first-order valence-electron chi connectivity index (χ1n) is 5.88. The molecule has 4 N–H and O–H groups in total. The summed E-state index contributed by atoms with van der Waals surface area (Å²) in [5.41, 5.74) is 7.03. The van der Waals surface area contributed by atoms with E-state index < -0.39 is 15.8 Å². The third-order valence-electron chi connectivity index (χ3n) is 2.80. The summed E-state index contributed by atoms with van der Waals surface area (Å²) in [5, 5.41) is 2.86. The van der Waals surface area contributed by atoms with Crippen LogP contribution in [0.3, 0.4) is 0 Å². The van der Waals surface area contributed by atoms with Crippen molar-refractivity contribution in [1.82, 2.24) is 4.72 Å². The minimum absolute atomic E-state index is 0.0439. The fraction of sp³-hybridized carbons (Fsp3) is 0.0769. The molecule has 0 saturated carbocycles. The molecule has 21 heavy (non-hydrogen) atoms. The smallest absolute Gasteiger partial charge is 0.240 e. The van der Waals surface area contributed by atoms with Gasteiger partial charge in [0.25, 0.3) is 0 Å². The van der Waals surface area contributed by atoms with Crippen LogP contribution in [0.15, 0.2) is 41.3 Å². The highest BCUT2D eigenvalue weighted by atomic mass is 35.5. The summed E-state index contributed by atoms with van der Waals surface area (Å²) < 4.78 is 38.9. The van der Waals surface area contributed by atoms with Crippen molar-refractivity contribution in [2.45, 2.75) is 4.90 Å². The highest BCUT2D eigenvalue weighted by molar-refractivity contribution is 7.89. The van der Waals surface area contributed by atoms with Crippen LogP contribution in [0.4, 0.5) is 21.5 Å². The zero-order chi connectivity index (χ0) is 15.6. The predicted molar refractivity (Wildman–Crippen MR) is 81.8 cm³/mol. The molecule has 112 valence electrons. The normalized spacial score (nSPS) is 11.4. The highest BCUT2D eigenvalue weighted by Crippen LogP contribution is 2.28. The van der Waals surface area contributed by atoms with Crippen molar-refractivity contribution in [2.24, 2.45) is 0 Å². The lowest BCUT2D eigenvalue weighted by molar-refractivity contribution is 0.588. The minimum Gasteiger partial charge on any atom is -0.397 e. The highest BCUT2D eigenvalue weighted by Gasteiger charge is 2.13. The number of rotatable bonds is 4. The molecule has 0 spiro atoms. The molecule has 8 heteroatoms. The molecular weight excluding hydrogens is 317 g/mol. The van der Waals surface area contributed by atoms with Crippen molar-refractivity contribution in [2.75, 3.05) is 18.1 Å². The van der Waals surface area contributed by atoms with Crippen LogP contribution in [-0.2, 0) is 10.0 Å². The number of anilines is 3. The van der Waals surface area contributed by atoms with Crippen LogP contribution in [0.5, 0.6) is 0 Å². The molecule has 0 aliphatic heterocycles. The largest absolute Gasteiger partial charge is 0.397 e. The molecule has 0 aliphatic carbocycles. The Hall–Kier alpha value is -1.83. The van der Waals surface area contributed by atoms with Gasteiger partial charge in [0.2, 0.25) is 10.0 Å². The summed E-state index contributed by atoms with van der Waals surface area (Å²) >= 11 is 5.69. The number of nitrogen functional groups attached to an aromatic ring is 1. The Balaban J connectivity index is 2.39. The number of halogens is 2. The van der Waals surface area contributed by atoms with Crippen molar-refractivity contribution < 1.29 is 12.8 Å². The molecule has 0 atom stereocenters. The zero-order valence-electron chi connectivity index (χ0n) is 11.0. The number of nitrogens with one attached hydrogen (secondary N) is 2. The second-order valence-electron chi connectivity index (χ2n) is 4.21. The summed E-state index contributed by atoms with van der Waals surface area (Å²) in [4.78, 5) is 0.0647. The Morgan fingerprint density at radius 1 is 1.19 bits per heavy atom. The molecule has 2 aromatic carbocycles. The summed E-state index contributed by atoms with van der Waals surface area (Å²) in [6.45, 7) is 0. The van der Waals surface area contributed by atoms with E-state index in [4.69, 9.17) is 17.3 Å². The first-order chi connectivity index (χ1) is 9.83. The Bertz CT molecular complexity index is 781. The third-order valence-corrected chi connectivity index (χ3v) is 4.50. The molecule has 0 unspecified atom stereocenters. The van der Waals surface area contributed by atoms with E-state index in [-0.39, 0.29) is 9.92 Å². The van der Waals surface area contributed by atoms with Gasteiger partial charge in [-0.15, -0.1) is 0 Å². The third kappa shape index (κ3) is 3.44. The van der Waals surface area contributed by atoms with E-state index in [0.717, 1.165) is 0 Å². The molecular formula is C13H13ClFN3O2S. The van der Waals surface area contributed by atoms with E-state index in [1.165, 1.54) is 43.4 Å². The van der Waals surface area contributed by atoms with Crippen LogP contribution < -0.4 is 15.8 Å². The van der Waals surface area contributed by atoms with Crippen LogP contribution in [0.1, 0.15) is 0 Å². The summed E-state index contributed by atoms with van der Waals surface area (Å²) in [6, 6.07) is 8.31. The summed E-state index contributed by atoms with van der Waals surface area (Å²) in [6.07, 6.45) is 0. The maximum Gasteiger partial charge on any atom is 0.240 e. The topological polar surface area (TPSA) is 84.2 Å². The van der Waals surface area contributed by atoms with Gasteiger partial charge < -0.3 is 11.1 Å². The standard InChI is InChI=1S/C13H13ClFN3O2S/c1-17-21(19,20)9-3-5-12(16)13(7-9)18-8-2-4-11(15)10(14)6-8/h2-7,17-18H,16H2,1H3. The lowest BCUT2D eigenvalue weighted by Crippen LogP contribution is -2.18. The molecule has 0 radical (unpaired) electrons. The van der Waals surface area contributed by atoms with Gasteiger partial charge in [0, 0.05) is 5.69 Å². The van der Waals surface area contributed by atoms with Gasteiger partial charge in [-0.05, 0) is 43.4 Å². The number of sulfonamides is 1. The number of benzene rings is 2. The summed E-state index contributed by atoms with van der Waals surface area (Å²) in [5.74, 6) is -0.540. The Morgan fingerprint density at radius 3 is 2.52 bits per heavy atom. The Kier molecular flexibility index (Phi) is 4.36. The lowest BCUT2D eigenvalue weighted by atomic mass is 10.2. The maximum absolute atomic E-state index is 13.1. The Labute approximate surface area is 127 Å². The fourth-order valence-corrected chi connectivity index (χ4v) is 2.59. The van der Waals surface area contributed by atoms with E-state index in [9.17, 15) is 12.8 Å². The minimum atomic E-state index is -3.58. The molecule has 5 nitrogen and oxygen atoms in total. The van der Waals surface area contributed by atoms with Crippen LogP contribution in [0, 0.1) is 5.82 Å². The monoisotopic (exact) mass is 329 g/mol.